The highest BCUT2D eigenvalue weighted by molar-refractivity contribution is 6.30. The molecule has 1 fully saturated rings. The van der Waals surface area contributed by atoms with E-state index in [1.54, 1.807) is 0 Å². The van der Waals surface area contributed by atoms with E-state index in [9.17, 15) is 9.90 Å². The number of aliphatic carboxylic acids is 1. The minimum absolute atomic E-state index is 0.386. The van der Waals surface area contributed by atoms with Crippen molar-refractivity contribution in [1.82, 2.24) is 9.97 Å². The van der Waals surface area contributed by atoms with Crippen molar-refractivity contribution in [2.45, 2.75) is 31.1 Å². The molecule has 0 amide bonds. The molecule has 0 unspecified atom stereocenters. The SMILES string of the molecule is O=C(O)C1(c2ncc(Cl)cn2)CCCC1. The van der Waals surface area contributed by atoms with E-state index in [4.69, 9.17) is 11.6 Å². The van der Waals surface area contributed by atoms with E-state index in [-0.39, 0.29) is 0 Å². The van der Waals surface area contributed by atoms with Gasteiger partial charge in [-0.05, 0) is 12.8 Å². The Kier molecular flexibility index (Phi) is 2.61. The van der Waals surface area contributed by atoms with Crippen LogP contribution in [0.4, 0.5) is 0 Å². The molecule has 0 spiro atoms. The summed E-state index contributed by atoms with van der Waals surface area (Å²) >= 11 is 5.67. The summed E-state index contributed by atoms with van der Waals surface area (Å²) in [6.07, 6.45) is 5.96. The average Bonchev–Trinajstić information content (AvgIpc) is 2.69. The van der Waals surface area contributed by atoms with Gasteiger partial charge in [-0.3, -0.25) is 4.79 Å². The Labute approximate surface area is 92.3 Å². The molecule has 0 atom stereocenters. The third-order valence-electron chi connectivity index (χ3n) is 2.91. The smallest absolute Gasteiger partial charge is 0.317 e. The van der Waals surface area contributed by atoms with Crippen molar-refractivity contribution in [2.75, 3.05) is 0 Å². The average molecular weight is 227 g/mol. The van der Waals surface area contributed by atoms with E-state index in [2.05, 4.69) is 9.97 Å². The van der Waals surface area contributed by atoms with E-state index < -0.39 is 11.4 Å². The number of halogens is 1. The molecule has 1 aromatic rings. The molecule has 4 nitrogen and oxygen atoms in total. The van der Waals surface area contributed by atoms with Gasteiger partial charge < -0.3 is 5.11 Å². The van der Waals surface area contributed by atoms with Gasteiger partial charge in [-0.1, -0.05) is 24.4 Å². The lowest BCUT2D eigenvalue weighted by molar-refractivity contribution is -0.144. The van der Waals surface area contributed by atoms with E-state index >= 15 is 0 Å². The molecule has 0 saturated heterocycles. The number of carboxylic acids is 1. The maximum absolute atomic E-state index is 11.3. The molecule has 80 valence electrons. The van der Waals surface area contributed by atoms with Crippen LogP contribution in [0.5, 0.6) is 0 Å². The quantitative estimate of drug-likeness (QED) is 0.838. The summed E-state index contributed by atoms with van der Waals surface area (Å²) in [5, 5.41) is 9.70. The third-order valence-corrected chi connectivity index (χ3v) is 3.11. The zero-order valence-electron chi connectivity index (χ0n) is 8.11. The van der Waals surface area contributed by atoms with Crippen molar-refractivity contribution in [3.8, 4) is 0 Å². The summed E-state index contributed by atoms with van der Waals surface area (Å²) in [5.41, 5.74) is -0.884. The minimum Gasteiger partial charge on any atom is -0.480 e. The Morgan fingerprint density at radius 3 is 2.33 bits per heavy atom. The predicted octanol–water partition coefficient (Wildman–Crippen LogP) is 2.03. The van der Waals surface area contributed by atoms with Gasteiger partial charge in [-0.2, -0.15) is 0 Å². The highest BCUT2D eigenvalue weighted by Gasteiger charge is 2.45. The predicted molar refractivity (Wildman–Crippen MR) is 54.8 cm³/mol. The van der Waals surface area contributed by atoms with E-state index in [1.807, 2.05) is 0 Å². The van der Waals surface area contributed by atoms with Crippen LogP contribution in [0.1, 0.15) is 31.5 Å². The topological polar surface area (TPSA) is 63.1 Å². The molecular weight excluding hydrogens is 216 g/mol. The normalized spacial score (nSPS) is 19.0. The summed E-state index contributed by atoms with van der Waals surface area (Å²) in [6, 6.07) is 0. The lowest BCUT2D eigenvalue weighted by Crippen LogP contribution is -2.34. The second kappa shape index (κ2) is 3.77. The molecule has 0 bridgehead atoms. The van der Waals surface area contributed by atoms with Crippen molar-refractivity contribution in [3.63, 3.8) is 0 Å². The van der Waals surface area contributed by atoms with Crippen molar-refractivity contribution in [1.29, 1.82) is 0 Å². The number of nitrogens with zero attached hydrogens (tertiary/aromatic N) is 2. The van der Waals surface area contributed by atoms with Gasteiger partial charge in [0.15, 0.2) is 0 Å². The molecule has 5 heteroatoms. The third kappa shape index (κ3) is 1.69. The van der Waals surface area contributed by atoms with Gasteiger partial charge >= 0.3 is 5.97 Å². The van der Waals surface area contributed by atoms with Gasteiger partial charge in [0, 0.05) is 12.4 Å². The van der Waals surface area contributed by atoms with E-state index in [0.29, 0.717) is 23.7 Å². The maximum Gasteiger partial charge on any atom is 0.317 e. The standard InChI is InChI=1S/C10H11ClN2O2/c11-7-5-12-8(13-6-7)10(9(14)15)3-1-2-4-10/h5-6H,1-4H2,(H,14,15). The van der Waals surface area contributed by atoms with Crippen LogP contribution in [-0.2, 0) is 10.2 Å². The van der Waals surface area contributed by atoms with Crippen LogP contribution in [0.15, 0.2) is 12.4 Å². The fourth-order valence-corrected chi connectivity index (χ4v) is 2.17. The van der Waals surface area contributed by atoms with E-state index in [1.165, 1.54) is 12.4 Å². The van der Waals surface area contributed by atoms with Crippen molar-refractivity contribution >= 4 is 17.6 Å². The molecule has 1 heterocycles. The van der Waals surface area contributed by atoms with E-state index in [0.717, 1.165) is 12.8 Å². The molecule has 1 N–H and O–H groups in total. The molecule has 1 aliphatic carbocycles. The Morgan fingerprint density at radius 2 is 1.87 bits per heavy atom. The molecule has 2 rings (SSSR count). The first kappa shape index (κ1) is 10.4. The summed E-state index contributed by atoms with van der Waals surface area (Å²) in [6.45, 7) is 0. The molecule has 0 aliphatic heterocycles. The number of hydrogen-bond acceptors (Lipinski definition) is 3. The van der Waals surface area contributed by atoms with Crippen LogP contribution < -0.4 is 0 Å². The lowest BCUT2D eigenvalue weighted by Gasteiger charge is -2.21. The van der Waals surface area contributed by atoms with Gasteiger partial charge in [-0.25, -0.2) is 9.97 Å². The Bertz CT molecular complexity index is 372. The Morgan fingerprint density at radius 1 is 1.33 bits per heavy atom. The van der Waals surface area contributed by atoms with Crippen LogP contribution in [0.3, 0.4) is 0 Å². The number of hydrogen-bond donors (Lipinski definition) is 1. The number of aromatic nitrogens is 2. The van der Waals surface area contributed by atoms with Gasteiger partial charge in [0.2, 0.25) is 0 Å². The summed E-state index contributed by atoms with van der Waals surface area (Å²) in [5.74, 6) is -0.445. The molecule has 1 saturated carbocycles. The first-order chi connectivity index (χ1) is 7.15. The maximum atomic E-state index is 11.3. The van der Waals surface area contributed by atoms with Crippen molar-refractivity contribution in [3.05, 3.63) is 23.2 Å². The fraction of sp³-hybridized carbons (Fsp3) is 0.500. The zero-order valence-corrected chi connectivity index (χ0v) is 8.87. The second-order valence-electron chi connectivity index (χ2n) is 3.82. The van der Waals surface area contributed by atoms with Gasteiger partial charge in [-0.15, -0.1) is 0 Å². The van der Waals surface area contributed by atoms with Crippen molar-refractivity contribution < 1.29 is 9.90 Å². The van der Waals surface area contributed by atoms with Gasteiger partial charge in [0.05, 0.1) is 5.02 Å². The monoisotopic (exact) mass is 226 g/mol. The minimum atomic E-state index is -0.884. The molecular formula is C10H11ClN2O2. The lowest BCUT2D eigenvalue weighted by atomic mass is 9.85. The van der Waals surface area contributed by atoms with Crippen LogP contribution >= 0.6 is 11.6 Å². The molecule has 0 aromatic carbocycles. The molecule has 0 radical (unpaired) electrons. The van der Waals surface area contributed by atoms with Gasteiger partial charge in [0.1, 0.15) is 11.2 Å². The van der Waals surface area contributed by atoms with Crippen LogP contribution in [-0.4, -0.2) is 21.0 Å². The number of rotatable bonds is 2. The van der Waals surface area contributed by atoms with Crippen LogP contribution in [0.25, 0.3) is 0 Å². The fourth-order valence-electron chi connectivity index (χ4n) is 2.07. The molecule has 1 aromatic heterocycles. The van der Waals surface area contributed by atoms with Crippen LogP contribution in [0, 0.1) is 0 Å². The second-order valence-corrected chi connectivity index (χ2v) is 4.26. The summed E-state index contributed by atoms with van der Waals surface area (Å²) in [7, 11) is 0. The van der Waals surface area contributed by atoms with Gasteiger partial charge in [0.25, 0.3) is 0 Å². The molecule has 1 aliphatic rings. The highest BCUT2D eigenvalue weighted by Crippen LogP contribution is 2.39. The summed E-state index contributed by atoms with van der Waals surface area (Å²) in [4.78, 5) is 19.4. The zero-order chi connectivity index (χ0) is 10.9. The largest absolute Gasteiger partial charge is 0.480 e. The first-order valence-corrected chi connectivity index (χ1v) is 5.24. The number of carboxylic acid groups (broad SMARTS) is 1. The Hall–Kier alpha value is -1.16. The summed E-state index contributed by atoms with van der Waals surface area (Å²) < 4.78 is 0. The molecule has 15 heavy (non-hydrogen) atoms. The van der Waals surface area contributed by atoms with Crippen molar-refractivity contribution in [2.24, 2.45) is 0 Å². The highest BCUT2D eigenvalue weighted by atomic mass is 35.5. The van der Waals surface area contributed by atoms with Crippen LogP contribution in [0.2, 0.25) is 5.02 Å². The number of carbonyl (C=O) groups is 1. The first-order valence-electron chi connectivity index (χ1n) is 4.86. The Balaban J connectivity index is 2.41.